The number of carbonyl (C=O) groups is 1. The highest BCUT2D eigenvalue weighted by atomic mass is 35.5. The van der Waals surface area contributed by atoms with Gasteiger partial charge in [0.2, 0.25) is 0 Å². The minimum atomic E-state index is -1.08. The summed E-state index contributed by atoms with van der Waals surface area (Å²) >= 11 is 11.9. The van der Waals surface area contributed by atoms with Crippen molar-refractivity contribution in [3.05, 3.63) is 87.4 Å². The van der Waals surface area contributed by atoms with Crippen LogP contribution in [0.15, 0.2) is 60.7 Å². The number of nitrogens with one attached hydrogen (secondary N) is 1. The predicted octanol–water partition coefficient (Wildman–Crippen LogP) is 5.89. The first kappa shape index (κ1) is 20.8. The molecule has 0 fully saturated rings. The number of methoxy groups -OCH3 is 1. The van der Waals surface area contributed by atoms with Gasteiger partial charge in [-0.05, 0) is 42.0 Å². The van der Waals surface area contributed by atoms with Gasteiger partial charge in [-0.3, -0.25) is 0 Å². The minimum absolute atomic E-state index is 0.0431. The van der Waals surface area contributed by atoms with Crippen LogP contribution in [0.2, 0.25) is 10.0 Å². The lowest BCUT2D eigenvalue weighted by molar-refractivity contribution is 0.0697. The van der Waals surface area contributed by atoms with Crippen LogP contribution in [-0.2, 0) is 13.2 Å². The van der Waals surface area contributed by atoms with Gasteiger partial charge >= 0.3 is 5.97 Å². The average molecular weight is 432 g/mol. The van der Waals surface area contributed by atoms with Gasteiger partial charge in [-0.1, -0.05) is 47.5 Å². The highest BCUT2D eigenvalue weighted by Crippen LogP contribution is 2.32. The van der Waals surface area contributed by atoms with Gasteiger partial charge in [-0.15, -0.1) is 0 Å². The summed E-state index contributed by atoms with van der Waals surface area (Å²) in [5, 5.41) is 13.3. The molecule has 0 aliphatic carbocycles. The van der Waals surface area contributed by atoms with Crippen LogP contribution in [0.3, 0.4) is 0 Å². The normalized spacial score (nSPS) is 10.4. The fourth-order valence-electron chi connectivity index (χ4n) is 2.76. The van der Waals surface area contributed by atoms with Crippen molar-refractivity contribution >= 4 is 34.9 Å². The molecule has 0 saturated carbocycles. The number of halogens is 2. The Morgan fingerprint density at radius 1 is 1.07 bits per heavy atom. The molecule has 150 valence electrons. The van der Waals surface area contributed by atoms with E-state index in [9.17, 15) is 9.90 Å². The molecule has 0 saturated heterocycles. The Morgan fingerprint density at radius 2 is 1.83 bits per heavy atom. The van der Waals surface area contributed by atoms with E-state index in [2.05, 4.69) is 5.32 Å². The number of anilines is 1. The number of hydrogen-bond donors (Lipinski definition) is 2. The Labute approximate surface area is 178 Å². The third-order valence-corrected chi connectivity index (χ3v) is 4.84. The van der Waals surface area contributed by atoms with Crippen molar-refractivity contribution in [3.63, 3.8) is 0 Å². The minimum Gasteiger partial charge on any atom is -0.493 e. The van der Waals surface area contributed by atoms with Gasteiger partial charge in [0.25, 0.3) is 0 Å². The lowest BCUT2D eigenvalue weighted by Crippen LogP contribution is -2.06. The fourth-order valence-corrected chi connectivity index (χ4v) is 3.08. The summed E-state index contributed by atoms with van der Waals surface area (Å²) in [6.07, 6.45) is 0. The van der Waals surface area contributed by atoms with Crippen molar-refractivity contribution in [2.45, 2.75) is 13.2 Å². The van der Waals surface area contributed by atoms with E-state index in [0.29, 0.717) is 35.4 Å². The maximum Gasteiger partial charge on any atom is 0.337 e. The molecule has 0 heterocycles. The smallest absolute Gasteiger partial charge is 0.337 e. The Bertz CT molecular complexity index is 1010. The van der Waals surface area contributed by atoms with E-state index in [4.69, 9.17) is 32.7 Å². The van der Waals surface area contributed by atoms with Crippen LogP contribution in [0.5, 0.6) is 11.5 Å². The van der Waals surface area contributed by atoms with Crippen molar-refractivity contribution in [1.82, 2.24) is 0 Å². The molecule has 3 aromatic carbocycles. The maximum atomic E-state index is 11.3. The van der Waals surface area contributed by atoms with Gasteiger partial charge in [0.05, 0.1) is 17.7 Å². The molecule has 2 N–H and O–H groups in total. The van der Waals surface area contributed by atoms with Gasteiger partial charge < -0.3 is 19.9 Å². The number of carboxylic acids is 1. The molecule has 0 radical (unpaired) electrons. The number of hydrogen-bond acceptors (Lipinski definition) is 4. The van der Waals surface area contributed by atoms with E-state index in [-0.39, 0.29) is 10.6 Å². The Kier molecular flexibility index (Phi) is 6.86. The van der Waals surface area contributed by atoms with Crippen LogP contribution in [0.1, 0.15) is 21.5 Å². The number of ether oxygens (including phenoxy) is 2. The summed E-state index contributed by atoms with van der Waals surface area (Å²) < 4.78 is 11.5. The average Bonchev–Trinajstić information content (AvgIpc) is 2.72. The van der Waals surface area contributed by atoms with Gasteiger partial charge in [0.1, 0.15) is 6.61 Å². The molecule has 0 unspecified atom stereocenters. The SMILES string of the molecule is COc1cccc(CNc2ccc(Cl)c(C(=O)O)c2)c1OCc1ccc(Cl)cc1. The van der Waals surface area contributed by atoms with Crippen molar-refractivity contribution in [3.8, 4) is 11.5 Å². The second kappa shape index (κ2) is 9.54. The lowest BCUT2D eigenvalue weighted by atomic mass is 10.1. The highest BCUT2D eigenvalue weighted by molar-refractivity contribution is 6.33. The van der Waals surface area contributed by atoms with E-state index in [1.807, 2.05) is 42.5 Å². The summed E-state index contributed by atoms with van der Waals surface area (Å²) in [6, 6.07) is 17.8. The molecular formula is C22H19Cl2NO4. The molecule has 0 amide bonds. The van der Waals surface area contributed by atoms with Crippen molar-refractivity contribution in [2.75, 3.05) is 12.4 Å². The number of carboxylic acid groups (broad SMARTS) is 1. The molecule has 0 aliphatic rings. The third-order valence-electron chi connectivity index (χ3n) is 4.26. The standard InChI is InChI=1S/C22H19Cl2NO4/c1-28-20-4-2-3-15(21(20)29-13-14-5-7-16(23)8-6-14)12-25-17-9-10-19(24)18(11-17)22(26)27/h2-11,25H,12-13H2,1H3,(H,26,27). The second-order valence-electron chi connectivity index (χ2n) is 6.22. The Hall–Kier alpha value is -2.89. The van der Waals surface area contributed by atoms with E-state index < -0.39 is 5.97 Å². The summed E-state index contributed by atoms with van der Waals surface area (Å²) in [6.45, 7) is 0.766. The lowest BCUT2D eigenvalue weighted by Gasteiger charge is -2.16. The van der Waals surface area contributed by atoms with Crippen LogP contribution >= 0.6 is 23.2 Å². The topological polar surface area (TPSA) is 67.8 Å². The number of benzene rings is 3. The van der Waals surface area contributed by atoms with Crippen molar-refractivity contribution in [1.29, 1.82) is 0 Å². The van der Waals surface area contributed by atoms with Crippen molar-refractivity contribution in [2.24, 2.45) is 0 Å². The zero-order valence-corrected chi connectivity index (χ0v) is 17.1. The summed E-state index contributed by atoms with van der Waals surface area (Å²) in [7, 11) is 1.58. The molecule has 0 bridgehead atoms. The molecule has 5 nitrogen and oxygen atoms in total. The van der Waals surface area contributed by atoms with Crippen LogP contribution < -0.4 is 14.8 Å². The van der Waals surface area contributed by atoms with Crippen molar-refractivity contribution < 1.29 is 19.4 Å². The summed E-state index contributed by atoms with van der Waals surface area (Å²) in [5.74, 6) is 0.150. The third kappa shape index (κ3) is 5.34. The second-order valence-corrected chi connectivity index (χ2v) is 7.06. The van der Waals surface area contributed by atoms with Gasteiger partial charge in [-0.25, -0.2) is 4.79 Å². The first-order chi connectivity index (χ1) is 14.0. The van der Waals surface area contributed by atoms with Gasteiger partial charge in [0, 0.05) is 22.8 Å². The Morgan fingerprint density at radius 3 is 2.52 bits per heavy atom. The molecule has 0 spiro atoms. The molecule has 3 rings (SSSR count). The van der Waals surface area contributed by atoms with Gasteiger partial charge in [-0.2, -0.15) is 0 Å². The van der Waals surface area contributed by atoms with E-state index in [1.165, 1.54) is 6.07 Å². The monoisotopic (exact) mass is 431 g/mol. The molecule has 0 aliphatic heterocycles. The first-order valence-electron chi connectivity index (χ1n) is 8.77. The molecule has 0 aromatic heterocycles. The fraction of sp³-hybridized carbons (Fsp3) is 0.136. The van der Waals surface area contributed by atoms with Crippen LogP contribution in [0, 0.1) is 0 Å². The number of aromatic carboxylic acids is 1. The zero-order valence-electron chi connectivity index (χ0n) is 15.6. The van der Waals surface area contributed by atoms with Crippen LogP contribution in [0.4, 0.5) is 5.69 Å². The summed E-state index contributed by atoms with van der Waals surface area (Å²) in [4.78, 5) is 11.3. The molecule has 3 aromatic rings. The molecule has 29 heavy (non-hydrogen) atoms. The van der Waals surface area contributed by atoms with E-state index in [1.54, 1.807) is 19.2 Å². The maximum absolute atomic E-state index is 11.3. The quantitative estimate of drug-likeness (QED) is 0.465. The number of para-hydroxylation sites is 1. The zero-order chi connectivity index (χ0) is 20.8. The van der Waals surface area contributed by atoms with E-state index in [0.717, 1.165) is 11.1 Å². The largest absolute Gasteiger partial charge is 0.493 e. The van der Waals surface area contributed by atoms with Gasteiger partial charge in [0.15, 0.2) is 11.5 Å². The van der Waals surface area contributed by atoms with E-state index >= 15 is 0 Å². The molecular weight excluding hydrogens is 413 g/mol. The first-order valence-corrected chi connectivity index (χ1v) is 9.53. The predicted molar refractivity (Wildman–Crippen MR) is 115 cm³/mol. The highest BCUT2D eigenvalue weighted by Gasteiger charge is 2.13. The van der Waals surface area contributed by atoms with Crippen LogP contribution in [-0.4, -0.2) is 18.2 Å². The molecule has 7 heteroatoms. The summed E-state index contributed by atoms with van der Waals surface area (Å²) in [5.41, 5.74) is 2.52. The Balaban J connectivity index is 1.77. The number of rotatable bonds is 8. The molecule has 0 atom stereocenters. The van der Waals surface area contributed by atoms with Crippen LogP contribution in [0.25, 0.3) is 0 Å².